The maximum Gasteiger partial charge on any atom is 0.280 e. The molecule has 0 bridgehead atoms. The molecule has 0 aliphatic rings. The van der Waals surface area contributed by atoms with Crippen LogP contribution >= 0.6 is 10.7 Å². The molecule has 2 aromatic rings. The molecule has 0 spiro atoms. The highest BCUT2D eigenvalue weighted by molar-refractivity contribution is 8.13. The second-order valence-electron chi connectivity index (χ2n) is 2.62. The summed E-state index contributed by atoms with van der Waals surface area (Å²) < 4.78 is 23.3. The summed E-state index contributed by atoms with van der Waals surface area (Å²) in [5.41, 5.74) is 0. The van der Waals surface area contributed by atoms with Gasteiger partial charge in [-0.1, -0.05) is 0 Å². The zero-order valence-corrected chi connectivity index (χ0v) is 8.85. The Morgan fingerprint density at radius 2 is 2.07 bits per heavy atom. The molecule has 2 rings (SSSR count). The van der Waals surface area contributed by atoms with Gasteiger partial charge in [0.1, 0.15) is 6.33 Å². The molecule has 0 atom stereocenters. The van der Waals surface area contributed by atoms with Crippen LogP contribution in [0.1, 0.15) is 0 Å². The molecule has 15 heavy (non-hydrogen) atoms. The standard InChI is InChI=1S/C7H5ClN4O2S/c8-15(13,14)7-4-12(5-11-7)6-3-9-1-2-10-6/h1-5H. The van der Waals surface area contributed by atoms with Gasteiger partial charge in [0.25, 0.3) is 9.05 Å². The minimum Gasteiger partial charge on any atom is -0.288 e. The molecule has 0 aromatic carbocycles. The van der Waals surface area contributed by atoms with Gasteiger partial charge in [-0.2, -0.15) is 0 Å². The van der Waals surface area contributed by atoms with Gasteiger partial charge in [0, 0.05) is 23.1 Å². The molecule has 0 radical (unpaired) electrons. The first-order valence-corrected chi connectivity index (χ1v) is 6.13. The Morgan fingerprint density at radius 1 is 1.27 bits per heavy atom. The van der Waals surface area contributed by atoms with Crippen molar-refractivity contribution in [3.8, 4) is 5.82 Å². The monoisotopic (exact) mass is 244 g/mol. The molecule has 0 N–H and O–H groups in total. The predicted octanol–water partition coefficient (Wildman–Crippen LogP) is 0.590. The smallest absolute Gasteiger partial charge is 0.280 e. The van der Waals surface area contributed by atoms with Crippen LogP contribution in [0.5, 0.6) is 0 Å². The van der Waals surface area contributed by atoms with Crippen molar-refractivity contribution in [2.45, 2.75) is 5.03 Å². The van der Waals surface area contributed by atoms with Gasteiger partial charge in [0.2, 0.25) is 0 Å². The van der Waals surface area contributed by atoms with Crippen LogP contribution < -0.4 is 0 Å². The number of hydrogen-bond donors (Lipinski definition) is 0. The summed E-state index contributed by atoms with van der Waals surface area (Å²) in [5, 5.41) is -0.213. The van der Waals surface area contributed by atoms with Crippen LogP contribution in [0.2, 0.25) is 0 Å². The molecular formula is C7H5ClN4O2S. The lowest BCUT2D eigenvalue weighted by molar-refractivity contribution is 0.606. The highest BCUT2D eigenvalue weighted by atomic mass is 35.7. The first-order valence-electron chi connectivity index (χ1n) is 3.82. The lowest BCUT2D eigenvalue weighted by Gasteiger charge is -1.96. The largest absolute Gasteiger partial charge is 0.288 e. The molecule has 78 valence electrons. The molecule has 0 aliphatic carbocycles. The van der Waals surface area contributed by atoms with Gasteiger partial charge in [-0.3, -0.25) is 9.55 Å². The average molecular weight is 245 g/mol. The van der Waals surface area contributed by atoms with Crippen molar-refractivity contribution in [1.82, 2.24) is 19.5 Å². The molecule has 0 saturated carbocycles. The molecule has 0 unspecified atom stereocenters. The number of imidazole rings is 1. The van der Waals surface area contributed by atoms with Crippen LogP contribution in [-0.2, 0) is 9.05 Å². The second-order valence-corrected chi connectivity index (χ2v) is 5.13. The van der Waals surface area contributed by atoms with Crippen molar-refractivity contribution in [3.63, 3.8) is 0 Å². The fourth-order valence-electron chi connectivity index (χ4n) is 0.981. The van der Waals surface area contributed by atoms with Crippen LogP contribution in [0.25, 0.3) is 5.82 Å². The second kappa shape index (κ2) is 3.59. The van der Waals surface area contributed by atoms with E-state index in [0.29, 0.717) is 5.82 Å². The highest BCUT2D eigenvalue weighted by Crippen LogP contribution is 2.13. The van der Waals surface area contributed by atoms with Crippen molar-refractivity contribution in [2.24, 2.45) is 0 Å². The Kier molecular flexibility index (Phi) is 2.41. The summed E-state index contributed by atoms with van der Waals surface area (Å²) in [6, 6.07) is 0. The van der Waals surface area contributed by atoms with Crippen LogP contribution in [-0.4, -0.2) is 27.9 Å². The maximum atomic E-state index is 10.9. The third-order valence-electron chi connectivity index (χ3n) is 1.62. The van der Waals surface area contributed by atoms with Crippen molar-refractivity contribution in [2.75, 3.05) is 0 Å². The molecular weight excluding hydrogens is 240 g/mol. The fraction of sp³-hybridized carbons (Fsp3) is 0. The fourth-order valence-corrected chi connectivity index (χ4v) is 1.63. The van der Waals surface area contributed by atoms with Gasteiger partial charge < -0.3 is 0 Å². The minimum atomic E-state index is -3.80. The van der Waals surface area contributed by atoms with E-state index in [9.17, 15) is 8.42 Å². The van der Waals surface area contributed by atoms with Gasteiger partial charge >= 0.3 is 0 Å². The van der Waals surface area contributed by atoms with E-state index in [1.165, 1.54) is 35.7 Å². The summed E-state index contributed by atoms with van der Waals surface area (Å²) in [7, 11) is 1.32. The molecule has 6 nitrogen and oxygen atoms in total. The van der Waals surface area contributed by atoms with E-state index in [-0.39, 0.29) is 5.03 Å². The average Bonchev–Trinajstić information content (AvgIpc) is 2.67. The Labute approximate surface area is 90.0 Å². The summed E-state index contributed by atoms with van der Waals surface area (Å²) in [6.07, 6.45) is 7.06. The van der Waals surface area contributed by atoms with Crippen molar-refractivity contribution in [1.29, 1.82) is 0 Å². The van der Waals surface area contributed by atoms with Crippen molar-refractivity contribution >= 4 is 19.7 Å². The lowest BCUT2D eigenvalue weighted by Crippen LogP contribution is -1.94. The number of rotatable bonds is 2. The van der Waals surface area contributed by atoms with E-state index in [1.807, 2.05) is 0 Å². The van der Waals surface area contributed by atoms with Gasteiger partial charge in [-0.25, -0.2) is 18.4 Å². The van der Waals surface area contributed by atoms with Crippen LogP contribution in [0, 0.1) is 0 Å². The quantitative estimate of drug-likeness (QED) is 0.723. The van der Waals surface area contributed by atoms with Crippen molar-refractivity contribution < 1.29 is 8.42 Å². The minimum absolute atomic E-state index is 0.213. The summed E-state index contributed by atoms with van der Waals surface area (Å²) >= 11 is 0. The van der Waals surface area contributed by atoms with E-state index in [1.54, 1.807) is 0 Å². The number of hydrogen-bond acceptors (Lipinski definition) is 5. The number of nitrogens with zero attached hydrogens (tertiary/aromatic N) is 4. The van der Waals surface area contributed by atoms with E-state index in [0.717, 1.165) is 0 Å². The van der Waals surface area contributed by atoms with E-state index in [2.05, 4.69) is 15.0 Å². The number of halogens is 1. The Morgan fingerprint density at radius 3 is 2.60 bits per heavy atom. The SMILES string of the molecule is O=S(=O)(Cl)c1cn(-c2cnccn2)cn1. The molecule has 2 heterocycles. The lowest BCUT2D eigenvalue weighted by atomic mass is 10.6. The third kappa shape index (κ3) is 2.13. The maximum absolute atomic E-state index is 10.9. The predicted molar refractivity (Wildman–Crippen MR) is 52.2 cm³/mol. The van der Waals surface area contributed by atoms with Crippen LogP contribution in [0.4, 0.5) is 0 Å². The molecule has 8 heteroatoms. The first kappa shape index (κ1) is 10.1. The van der Waals surface area contributed by atoms with Gasteiger partial charge in [0.15, 0.2) is 10.8 Å². The molecule has 2 aromatic heterocycles. The molecule has 0 fully saturated rings. The topological polar surface area (TPSA) is 77.7 Å². The highest BCUT2D eigenvalue weighted by Gasteiger charge is 2.14. The number of aromatic nitrogens is 4. The summed E-state index contributed by atoms with van der Waals surface area (Å²) in [4.78, 5) is 11.4. The molecule has 0 amide bonds. The van der Waals surface area contributed by atoms with E-state index in [4.69, 9.17) is 10.7 Å². The molecule has 0 aliphatic heterocycles. The Bertz CT molecular complexity index is 566. The summed E-state index contributed by atoms with van der Waals surface area (Å²) in [5.74, 6) is 0.469. The van der Waals surface area contributed by atoms with Crippen molar-refractivity contribution in [3.05, 3.63) is 31.1 Å². The zero-order chi connectivity index (χ0) is 10.9. The van der Waals surface area contributed by atoms with Crippen LogP contribution in [0.3, 0.4) is 0 Å². The third-order valence-corrected chi connectivity index (χ3v) is 2.81. The molecule has 0 saturated heterocycles. The Hall–Kier alpha value is -1.47. The van der Waals surface area contributed by atoms with E-state index >= 15 is 0 Å². The zero-order valence-electron chi connectivity index (χ0n) is 7.28. The van der Waals surface area contributed by atoms with Gasteiger partial charge in [0.05, 0.1) is 12.4 Å². The Balaban J connectivity index is 2.46. The van der Waals surface area contributed by atoms with Gasteiger partial charge in [-0.05, 0) is 0 Å². The first-order chi connectivity index (χ1) is 7.07. The van der Waals surface area contributed by atoms with Crippen LogP contribution in [0.15, 0.2) is 36.1 Å². The van der Waals surface area contributed by atoms with E-state index < -0.39 is 9.05 Å². The summed E-state index contributed by atoms with van der Waals surface area (Å²) in [6.45, 7) is 0. The normalized spacial score (nSPS) is 11.5. The van der Waals surface area contributed by atoms with Gasteiger partial charge in [-0.15, -0.1) is 0 Å².